The molecule has 1 aromatic heterocycles. The van der Waals surface area contributed by atoms with Crippen molar-refractivity contribution in [2.45, 2.75) is 25.3 Å². The smallest absolute Gasteiger partial charge is 0.407 e. The monoisotopic (exact) mass is 263 g/mol. The molecular formula is C12H17N5O2. The lowest BCUT2D eigenvalue weighted by molar-refractivity contribution is 0.124. The number of hydrogen-bond acceptors (Lipinski definition) is 4. The minimum atomic E-state index is -0.849. The van der Waals surface area contributed by atoms with E-state index < -0.39 is 6.09 Å². The zero-order valence-electron chi connectivity index (χ0n) is 10.6. The van der Waals surface area contributed by atoms with Gasteiger partial charge in [0.2, 0.25) is 0 Å². The number of nitriles is 1. The molecule has 7 nitrogen and oxygen atoms in total. The Morgan fingerprint density at radius 3 is 2.95 bits per heavy atom. The lowest BCUT2D eigenvalue weighted by Gasteiger charge is -2.29. The molecular weight excluding hydrogens is 246 g/mol. The lowest BCUT2D eigenvalue weighted by Crippen LogP contribution is -2.38. The molecule has 1 amide bonds. The van der Waals surface area contributed by atoms with Crippen molar-refractivity contribution in [2.24, 2.45) is 0 Å². The van der Waals surface area contributed by atoms with Gasteiger partial charge in [-0.05, 0) is 12.8 Å². The highest BCUT2D eigenvalue weighted by molar-refractivity contribution is 5.65. The fraction of sp³-hybridized carbons (Fsp3) is 0.583. The van der Waals surface area contributed by atoms with E-state index in [2.05, 4.69) is 16.5 Å². The van der Waals surface area contributed by atoms with E-state index in [0.717, 1.165) is 18.5 Å². The highest BCUT2D eigenvalue weighted by Gasteiger charge is 2.23. The molecule has 19 heavy (non-hydrogen) atoms. The van der Waals surface area contributed by atoms with Crippen LogP contribution in [0.2, 0.25) is 0 Å². The number of anilines is 1. The van der Waals surface area contributed by atoms with Crippen molar-refractivity contribution in [2.75, 3.05) is 25.0 Å². The summed E-state index contributed by atoms with van der Waals surface area (Å²) in [6, 6.07) is 2.32. The minimum Gasteiger partial charge on any atom is -0.465 e. The van der Waals surface area contributed by atoms with Crippen LogP contribution in [-0.4, -0.2) is 45.5 Å². The van der Waals surface area contributed by atoms with Gasteiger partial charge in [0, 0.05) is 25.8 Å². The second-order valence-electron chi connectivity index (χ2n) is 4.54. The number of nitrogens with zero attached hydrogens (tertiary/aromatic N) is 4. The molecule has 0 bridgehead atoms. The fourth-order valence-electron chi connectivity index (χ4n) is 2.21. The molecule has 102 valence electrons. The predicted octanol–water partition coefficient (Wildman–Crippen LogP) is 1.52. The molecule has 0 atom stereocenters. The largest absolute Gasteiger partial charge is 0.465 e. The number of nitrogens with one attached hydrogen (secondary N) is 1. The number of hydrogen-bond donors (Lipinski definition) is 2. The number of amides is 1. The van der Waals surface area contributed by atoms with E-state index in [1.54, 1.807) is 6.20 Å². The van der Waals surface area contributed by atoms with Crippen molar-refractivity contribution in [1.29, 1.82) is 5.26 Å². The third-order valence-corrected chi connectivity index (χ3v) is 3.28. The molecule has 2 N–H and O–H groups in total. The topological polar surface area (TPSA) is 94.2 Å². The Morgan fingerprint density at radius 1 is 1.58 bits per heavy atom. The van der Waals surface area contributed by atoms with Gasteiger partial charge in [-0.3, -0.25) is 4.68 Å². The summed E-state index contributed by atoms with van der Waals surface area (Å²) in [5.41, 5.74) is 0.899. The summed E-state index contributed by atoms with van der Waals surface area (Å²) in [5.74, 6) is 0. The van der Waals surface area contributed by atoms with Gasteiger partial charge < -0.3 is 15.3 Å². The van der Waals surface area contributed by atoms with Crippen LogP contribution in [0.4, 0.5) is 10.5 Å². The summed E-state index contributed by atoms with van der Waals surface area (Å²) in [6.45, 7) is 1.72. The van der Waals surface area contributed by atoms with Crippen molar-refractivity contribution in [3.63, 3.8) is 0 Å². The van der Waals surface area contributed by atoms with E-state index in [9.17, 15) is 4.79 Å². The predicted molar refractivity (Wildman–Crippen MR) is 68.8 cm³/mol. The molecule has 1 aromatic rings. The fourth-order valence-corrected chi connectivity index (χ4v) is 2.21. The van der Waals surface area contributed by atoms with E-state index >= 15 is 0 Å². The number of aromatic nitrogens is 2. The van der Waals surface area contributed by atoms with Crippen LogP contribution in [0.1, 0.15) is 25.3 Å². The standard InChI is InChI=1S/C12H17N5O2/c13-4-1-5-14-10-8-15-17(9-10)11-2-6-16(7-3-11)12(18)19/h8-9,11,14H,1-3,5-7H2,(H,18,19). The number of carboxylic acid groups (broad SMARTS) is 1. The molecule has 0 aliphatic carbocycles. The normalized spacial score (nSPS) is 16.1. The van der Waals surface area contributed by atoms with Crippen molar-refractivity contribution < 1.29 is 9.90 Å². The van der Waals surface area contributed by atoms with Gasteiger partial charge in [-0.25, -0.2) is 4.79 Å². The van der Waals surface area contributed by atoms with Gasteiger partial charge in [0.1, 0.15) is 0 Å². The van der Waals surface area contributed by atoms with E-state index in [4.69, 9.17) is 10.4 Å². The third kappa shape index (κ3) is 3.37. The highest BCUT2D eigenvalue weighted by Crippen LogP contribution is 2.23. The van der Waals surface area contributed by atoms with E-state index in [-0.39, 0.29) is 6.04 Å². The van der Waals surface area contributed by atoms with Crippen LogP contribution in [0.3, 0.4) is 0 Å². The van der Waals surface area contributed by atoms with E-state index in [0.29, 0.717) is 26.1 Å². The Kier molecular flexibility index (Phi) is 4.23. The summed E-state index contributed by atoms with van der Waals surface area (Å²) >= 11 is 0. The Labute approximate surface area is 111 Å². The van der Waals surface area contributed by atoms with Crippen LogP contribution in [0.5, 0.6) is 0 Å². The molecule has 1 aliphatic heterocycles. The summed E-state index contributed by atoms with van der Waals surface area (Å²) in [5, 5.41) is 24.8. The van der Waals surface area contributed by atoms with Gasteiger partial charge in [-0.15, -0.1) is 0 Å². The summed E-state index contributed by atoms with van der Waals surface area (Å²) in [4.78, 5) is 12.3. The van der Waals surface area contributed by atoms with Crippen LogP contribution >= 0.6 is 0 Å². The first-order chi connectivity index (χ1) is 9.20. The molecule has 2 heterocycles. The van der Waals surface area contributed by atoms with E-state index in [1.165, 1.54) is 4.90 Å². The number of piperidine rings is 1. The first kappa shape index (κ1) is 13.2. The summed E-state index contributed by atoms with van der Waals surface area (Å²) in [7, 11) is 0. The van der Waals surface area contributed by atoms with Gasteiger partial charge in [0.15, 0.2) is 0 Å². The van der Waals surface area contributed by atoms with Crippen LogP contribution in [0, 0.1) is 11.3 Å². The third-order valence-electron chi connectivity index (χ3n) is 3.28. The molecule has 0 spiro atoms. The van der Waals surface area contributed by atoms with Crippen molar-refractivity contribution in [3.8, 4) is 6.07 Å². The number of likely N-dealkylation sites (tertiary alicyclic amines) is 1. The summed E-state index contributed by atoms with van der Waals surface area (Å²) in [6.07, 6.45) is 4.83. The average molecular weight is 263 g/mol. The van der Waals surface area contributed by atoms with Crippen LogP contribution in [-0.2, 0) is 0 Å². The zero-order chi connectivity index (χ0) is 13.7. The average Bonchev–Trinajstić information content (AvgIpc) is 2.88. The first-order valence-corrected chi connectivity index (χ1v) is 6.33. The van der Waals surface area contributed by atoms with Crippen LogP contribution in [0.25, 0.3) is 0 Å². The van der Waals surface area contributed by atoms with Crippen molar-refractivity contribution >= 4 is 11.8 Å². The first-order valence-electron chi connectivity index (χ1n) is 6.33. The minimum absolute atomic E-state index is 0.252. The number of carbonyl (C=O) groups is 1. The quantitative estimate of drug-likeness (QED) is 0.803. The van der Waals surface area contributed by atoms with Gasteiger partial charge in [-0.2, -0.15) is 10.4 Å². The molecule has 0 radical (unpaired) electrons. The summed E-state index contributed by atoms with van der Waals surface area (Å²) < 4.78 is 1.88. The SMILES string of the molecule is N#CCCNc1cnn(C2CCN(C(=O)O)CC2)c1. The molecule has 0 aromatic carbocycles. The highest BCUT2D eigenvalue weighted by atomic mass is 16.4. The maximum absolute atomic E-state index is 10.8. The van der Waals surface area contributed by atoms with Gasteiger partial charge in [0.05, 0.1) is 30.4 Å². The maximum Gasteiger partial charge on any atom is 0.407 e. The Morgan fingerprint density at radius 2 is 2.32 bits per heavy atom. The van der Waals surface area contributed by atoms with Crippen molar-refractivity contribution in [3.05, 3.63) is 12.4 Å². The van der Waals surface area contributed by atoms with Gasteiger partial charge in [-0.1, -0.05) is 0 Å². The molecule has 2 rings (SSSR count). The Bertz CT molecular complexity index is 471. The Hall–Kier alpha value is -2.23. The van der Waals surface area contributed by atoms with Crippen LogP contribution < -0.4 is 5.32 Å². The molecule has 1 saturated heterocycles. The molecule has 1 aliphatic rings. The zero-order valence-corrected chi connectivity index (χ0v) is 10.6. The molecule has 7 heteroatoms. The Balaban J connectivity index is 1.86. The maximum atomic E-state index is 10.8. The van der Waals surface area contributed by atoms with Crippen LogP contribution in [0.15, 0.2) is 12.4 Å². The lowest BCUT2D eigenvalue weighted by atomic mass is 10.1. The molecule has 1 fully saturated rings. The second kappa shape index (κ2) is 6.09. The molecule has 0 saturated carbocycles. The van der Waals surface area contributed by atoms with Gasteiger partial charge >= 0.3 is 6.09 Å². The second-order valence-corrected chi connectivity index (χ2v) is 4.54. The number of rotatable bonds is 4. The molecule has 0 unspecified atom stereocenters. The van der Waals surface area contributed by atoms with E-state index in [1.807, 2.05) is 10.9 Å². The van der Waals surface area contributed by atoms with Gasteiger partial charge in [0.25, 0.3) is 0 Å². The van der Waals surface area contributed by atoms with Crippen molar-refractivity contribution in [1.82, 2.24) is 14.7 Å².